The van der Waals surface area contributed by atoms with Crippen LogP contribution in [-0.2, 0) is 13.2 Å². The summed E-state index contributed by atoms with van der Waals surface area (Å²) < 4.78 is 12.5. The molecule has 24 heavy (non-hydrogen) atoms. The number of carbonyl (C=O) groups is 1. The number of nitrogens with zero attached hydrogens (tertiary/aromatic N) is 3. The van der Waals surface area contributed by atoms with Crippen LogP contribution in [0.1, 0.15) is 22.5 Å². The molecule has 0 aliphatic rings. The molecule has 0 radical (unpaired) electrons. The normalized spacial score (nSPS) is 10.5. The number of aryl methyl sites for hydroxylation is 1. The first kappa shape index (κ1) is 15.8. The van der Waals surface area contributed by atoms with E-state index < -0.39 is 0 Å². The number of imidazole rings is 1. The first-order valence-corrected chi connectivity index (χ1v) is 7.68. The van der Waals surface area contributed by atoms with Gasteiger partial charge in [0.2, 0.25) is 5.76 Å². The van der Waals surface area contributed by atoms with E-state index in [4.69, 9.17) is 9.26 Å². The Morgan fingerprint density at radius 2 is 2.17 bits per heavy atom. The molecule has 3 rings (SSSR count). The number of nitrogens with one attached hydrogen (secondary N) is 1. The lowest BCUT2D eigenvalue weighted by Crippen LogP contribution is -2.24. The van der Waals surface area contributed by atoms with Crippen molar-refractivity contribution in [3.05, 3.63) is 66.4 Å². The molecule has 0 atom stereocenters. The van der Waals surface area contributed by atoms with E-state index in [1.54, 1.807) is 12.5 Å². The van der Waals surface area contributed by atoms with E-state index in [1.807, 2.05) is 41.1 Å². The Kier molecular flexibility index (Phi) is 5.24. The van der Waals surface area contributed by atoms with Crippen LogP contribution in [0.25, 0.3) is 0 Å². The van der Waals surface area contributed by atoms with Crippen molar-refractivity contribution in [1.82, 2.24) is 20.0 Å². The molecule has 3 aromatic rings. The molecule has 0 bridgehead atoms. The van der Waals surface area contributed by atoms with Crippen LogP contribution in [0.5, 0.6) is 5.88 Å². The van der Waals surface area contributed by atoms with Gasteiger partial charge in [-0.25, -0.2) is 4.98 Å². The van der Waals surface area contributed by atoms with Crippen molar-refractivity contribution in [3.63, 3.8) is 0 Å². The lowest BCUT2D eigenvalue weighted by Gasteiger charge is -2.03. The number of hydrogen-bond acceptors (Lipinski definition) is 5. The van der Waals surface area contributed by atoms with Gasteiger partial charge in [0.25, 0.3) is 11.8 Å². The van der Waals surface area contributed by atoms with Crippen molar-refractivity contribution in [2.45, 2.75) is 19.6 Å². The van der Waals surface area contributed by atoms with Gasteiger partial charge in [0, 0.05) is 25.5 Å². The molecule has 0 spiro atoms. The zero-order chi connectivity index (χ0) is 16.6. The van der Waals surface area contributed by atoms with Gasteiger partial charge in [0.1, 0.15) is 6.61 Å². The van der Waals surface area contributed by atoms with Gasteiger partial charge < -0.3 is 19.1 Å². The zero-order valence-electron chi connectivity index (χ0n) is 13.1. The number of aromatic nitrogens is 3. The smallest absolute Gasteiger partial charge is 0.290 e. The second kappa shape index (κ2) is 7.96. The first-order valence-electron chi connectivity index (χ1n) is 7.68. The van der Waals surface area contributed by atoms with Crippen LogP contribution in [0.4, 0.5) is 0 Å². The fourth-order valence-electron chi connectivity index (χ4n) is 2.14. The highest BCUT2D eigenvalue weighted by molar-refractivity contribution is 5.91. The molecule has 0 saturated carbocycles. The van der Waals surface area contributed by atoms with Crippen LogP contribution >= 0.6 is 0 Å². The Hall–Kier alpha value is -3.09. The number of ether oxygens (including phenoxy) is 1. The fraction of sp³-hybridized carbons (Fsp3) is 0.235. The minimum atomic E-state index is -0.303. The Morgan fingerprint density at radius 3 is 2.96 bits per heavy atom. The summed E-state index contributed by atoms with van der Waals surface area (Å²) in [5.41, 5.74) is 1.02. The third-order valence-corrected chi connectivity index (χ3v) is 3.38. The zero-order valence-corrected chi connectivity index (χ0v) is 13.1. The molecular formula is C17H18N4O3. The van der Waals surface area contributed by atoms with Crippen LogP contribution in [-0.4, -0.2) is 27.2 Å². The maximum atomic E-state index is 12.0. The van der Waals surface area contributed by atoms with Crippen molar-refractivity contribution in [2.24, 2.45) is 0 Å². The van der Waals surface area contributed by atoms with Gasteiger partial charge in [-0.2, -0.15) is 0 Å². The quantitative estimate of drug-likeness (QED) is 0.642. The van der Waals surface area contributed by atoms with Crippen LogP contribution in [0, 0.1) is 0 Å². The van der Waals surface area contributed by atoms with Crippen LogP contribution in [0.15, 0.2) is 59.6 Å². The highest BCUT2D eigenvalue weighted by Crippen LogP contribution is 2.13. The lowest BCUT2D eigenvalue weighted by atomic mass is 10.2. The highest BCUT2D eigenvalue weighted by atomic mass is 16.5. The van der Waals surface area contributed by atoms with E-state index >= 15 is 0 Å². The number of hydrogen-bond donors (Lipinski definition) is 1. The maximum Gasteiger partial charge on any atom is 0.290 e. The largest absolute Gasteiger partial charge is 0.471 e. The summed E-state index contributed by atoms with van der Waals surface area (Å²) in [5, 5.41) is 6.54. The fourth-order valence-corrected chi connectivity index (χ4v) is 2.14. The summed E-state index contributed by atoms with van der Waals surface area (Å²) in [5.74, 6) is 0.130. The Balaban J connectivity index is 1.41. The molecule has 0 unspecified atom stereocenters. The molecule has 0 aliphatic carbocycles. The predicted molar refractivity (Wildman–Crippen MR) is 86.5 cm³/mol. The van der Waals surface area contributed by atoms with Crippen LogP contribution in [0.2, 0.25) is 0 Å². The third-order valence-electron chi connectivity index (χ3n) is 3.38. The highest BCUT2D eigenvalue weighted by Gasteiger charge is 2.13. The molecule has 7 nitrogen and oxygen atoms in total. The molecule has 0 saturated heterocycles. The Morgan fingerprint density at radius 1 is 1.29 bits per heavy atom. The second-order valence-corrected chi connectivity index (χ2v) is 5.21. The van der Waals surface area contributed by atoms with Crippen molar-refractivity contribution in [2.75, 3.05) is 6.54 Å². The number of rotatable bonds is 8. The van der Waals surface area contributed by atoms with E-state index in [0.717, 1.165) is 18.5 Å². The van der Waals surface area contributed by atoms with Gasteiger partial charge >= 0.3 is 0 Å². The van der Waals surface area contributed by atoms with Gasteiger partial charge in [0.05, 0.1) is 12.4 Å². The monoisotopic (exact) mass is 326 g/mol. The van der Waals surface area contributed by atoms with Crippen molar-refractivity contribution in [3.8, 4) is 5.88 Å². The first-order chi connectivity index (χ1) is 11.8. The Labute approximate surface area is 139 Å². The number of benzene rings is 1. The van der Waals surface area contributed by atoms with Gasteiger partial charge in [-0.15, -0.1) is 0 Å². The van der Waals surface area contributed by atoms with Crippen molar-refractivity contribution >= 4 is 5.91 Å². The molecule has 124 valence electrons. The standard InChI is InChI=1S/C17H18N4O3/c22-17(19-7-4-9-21-10-8-18-13-21)15-11-16(20-24-15)23-12-14-5-2-1-3-6-14/h1-3,5-6,8,10-11,13H,4,7,9,12H2,(H,19,22). The average molecular weight is 326 g/mol. The summed E-state index contributed by atoms with van der Waals surface area (Å²) in [4.78, 5) is 15.9. The SMILES string of the molecule is O=C(NCCCn1ccnc1)c1cc(OCc2ccccc2)no1. The summed E-state index contributed by atoms with van der Waals surface area (Å²) in [6, 6.07) is 11.2. The predicted octanol–water partition coefficient (Wildman–Crippen LogP) is 2.27. The minimum Gasteiger partial charge on any atom is -0.471 e. The van der Waals surface area contributed by atoms with E-state index in [-0.39, 0.29) is 11.7 Å². The van der Waals surface area contributed by atoms with Gasteiger partial charge in [-0.05, 0) is 17.1 Å². The molecule has 7 heteroatoms. The summed E-state index contributed by atoms with van der Waals surface area (Å²) in [6.45, 7) is 1.71. The van der Waals surface area contributed by atoms with Crippen LogP contribution < -0.4 is 10.1 Å². The Bertz CT molecular complexity index is 753. The average Bonchev–Trinajstić information content (AvgIpc) is 3.29. The molecule has 1 aromatic carbocycles. The number of amides is 1. The summed E-state index contributed by atoms with van der Waals surface area (Å²) in [7, 11) is 0. The van der Waals surface area contributed by atoms with E-state index in [1.165, 1.54) is 6.07 Å². The van der Waals surface area contributed by atoms with Gasteiger partial charge in [0.15, 0.2) is 0 Å². The molecule has 2 heterocycles. The molecule has 1 amide bonds. The van der Waals surface area contributed by atoms with E-state index in [0.29, 0.717) is 19.0 Å². The lowest BCUT2D eigenvalue weighted by molar-refractivity contribution is 0.0915. The molecular weight excluding hydrogens is 308 g/mol. The summed E-state index contributed by atoms with van der Waals surface area (Å²) >= 11 is 0. The molecule has 2 aromatic heterocycles. The van der Waals surface area contributed by atoms with Gasteiger partial charge in [-0.3, -0.25) is 4.79 Å². The summed E-state index contributed by atoms with van der Waals surface area (Å²) in [6.07, 6.45) is 6.15. The molecule has 0 aliphatic heterocycles. The second-order valence-electron chi connectivity index (χ2n) is 5.21. The minimum absolute atomic E-state index is 0.140. The number of carbonyl (C=O) groups excluding carboxylic acids is 1. The van der Waals surface area contributed by atoms with Gasteiger partial charge in [-0.1, -0.05) is 30.3 Å². The third kappa shape index (κ3) is 4.45. The van der Waals surface area contributed by atoms with Crippen molar-refractivity contribution < 1.29 is 14.1 Å². The maximum absolute atomic E-state index is 12.0. The van der Waals surface area contributed by atoms with Crippen molar-refractivity contribution in [1.29, 1.82) is 0 Å². The molecule has 0 fully saturated rings. The topological polar surface area (TPSA) is 82.2 Å². The van der Waals surface area contributed by atoms with E-state index in [9.17, 15) is 4.79 Å². The van der Waals surface area contributed by atoms with E-state index in [2.05, 4.69) is 15.5 Å². The molecule has 1 N–H and O–H groups in total. The van der Waals surface area contributed by atoms with Crippen LogP contribution in [0.3, 0.4) is 0 Å².